The van der Waals surface area contributed by atoms with Gasteiger partial charge in [0.2, 0.25) is 0 Å². The van der Waals surface area contributed by atoms with E-state index in [1.807, 2.05) is 0 Å². The molecule has 0 aromatic rings. The molecule has 0 aromatic heterocycles. The van der Waals surface area contributed by atoms with Crippen LogP contribution in [0.15, 0.2) is 0 Å². The number of ether oxygens (including phenoxy) is 6. The lowest BCUT2D eigenvalue weighted by Crippen LogP contribution is -2.24. The minimum absolute atomic E-state index is 0.140. The van der Waals surface area contributed by atoms with E-state index in [1.165, 1.54) is 0 Å². The highest BCUT2D eigenvalue weighted by molar-refractivity contribution is 5.59. The lowest BCUT2D eigenvalue weighted by Gasteiger charge is -2.15. The fraction of sp³-hybridized carbons (Fsp3) is 0.923. The van der Waals surface area contributed by atoms with E-state index in [2.05, 4.69) is 0 Å². The maximum absolute atomic E-state index is 11.3. The molecule has 0 aliphatic carbocycles. The molecular formula is C13H26O7. The van der Waals surface area contributed by atoms with Crippen LogP contribution >= 0.6 is 0 Å². The third-order valence-electron chi connectivity index (χ3n) is 2.25. The highest BCUT2D eigenvalue weighted by Crippen LogP contribution is 1.97. The van der Waals surface area contributed by atoms with Gasteiger partial charge in [-0.1, -0.05) is 0 Å². The number of hydrogen-bond donors (Lipinski definition) is 0. The Hall–Kier alpha value is -0.890. The molecule has 0 bridgehead atoms. The van der Waals surface area contributed by atoms with Crippen LogP contribution in [0.1, 0.15) is 13.8 Å². The van der Waals surface area contributed by atoms with Crippen molar-refractivity contribution in [1.82, 2.24) is 0 Å². The predicted octanol–water partition coefficient (Wildman–Crippen LogP) is 1.24. The molecule has 0 radical (unpaired) electrons. The largest absolute Gasteiger partial charge is 0.508 e. The summed E-state index contributed by atoms with van der Waals surface area (Å²) in [5, 5.41) is 0. The fourth-order valence-corrected chi connectivity index (χ4v) is 1.17. The number of methoxy groups -OCH3 is 2. The highest BCUT2D eigenvalue weighted by Gasteiger charge is 2.11. The zero-order valence-corrected chi connectivity index (χ0v) is 12.8. The van der Waals surface area contributed by atoms with Crippen LogP contribution in [0.5, 0.6) is 0 Å². The van der Waals surface area contributed by atoms with Crippen molar-refractivity contribution in [3.05, 3.63) is 0 Å². The summed E-state index contributed by atoms with van der Waals surface area (Å²) in [6.45, 7) is 5.82. The van der Waals surface area contributed by atoms with Crippen molar-refractivity contribution in [2.24, 2.45) is 0 Å². The quantitative estimate of drug-likeness (QED) is 0.396. The third-order valence-corrected chi connectivity index (χ3v) is 2.25. The predicted molar refractivity (Wildman–Crippen MR) is 71.9 cm³/mol. The molecule has 0 aliphatic rings. The first kappa shape index (κ1) is 19.1. The summed E-state index contributed by atoms with van der Waals surface area (Å²) in [6.07, 6.45) is -1.13. The van der Waals surface area contributed by atoms with Gasteiger partial charge in [0.1, 0.15) is 13.2 Å². The molecule has 2 atom stereocenters. The summed E-state index contributed by atoms with van der Waals surface area (Å²) >= 11 is 0. The van der Waals surface area contributed by atoms with Gasteiger partial charge in [0.25, 0.3) is 0 Å². The van der Waals surface area contributed by atoms with Crippen LogP contribution in [0.3, 0.4) is 0 Å². The minimum Gasteiger partial charge on any atom is -0.432 e. The molecule has 0 saturated carbocycles. The van der Waals surface area contributed by atoms with E-state index in [-0.39, 0.29) is 25.4 Å². The van der Waals surface area contributed by atoms with E-state index in [1.54, 1.807) is 28.1 Å². The van der Waals surface area contributed by atoms with Crippen LogP contribution < -0.4 is 0 Å². The summed E-state index contributed by atoms with van der Waals surface area (Å²) < 4.78 is 30.1. The van der Waals surface area contributed by atoms with Gasteiger partial charge in [-0.2, -0.15) is 0 Å². The van der Waals surface area contributed by atoms with Gasteiger partial charge in [0.15, 0.2) is 0 Å². The van der Waals surface area contributed by atoms with Crippen molar-refractivity contribution >= 4 is 6.16 Å². The summed E-state index contributed by atoms with van der Waals surface area (Å²) in [5.74, 6) is 0. The van der Waals surface area contributed by atoms with Crippen molar-refractivity contribution in [3.63, 3.8) is 0 Å². The molecule has 0 aromatic carbocycles. The maximum Gasteiger partial charge on any atom is 0.508 e. The third kappa shape index (κ3) is 12.2. The molecule has 0 fully saturated rings. The second-order valence-electron chi connectivity index (χ2n) is 4.22. The number of rotatable bonds is 12. The fourth-order valence-electron chi connectivity index (χ4n) is 1.17. The molecular weight excluding hydrogens is 268 g/mol. The highest BCUT2D eigenvalue weighted by atomic mass is 16.7. The van der Waals surface area contributed by atoms with E-state index in [4.69, 9.17) is 28.4 Å². The van der Waals surface area contributed by atoms with Crippen LogP contribution in [-0.2, 0) is 28.4 Å². The molecule has 0 rings (SSSR count). The van der Waals surface area contributed by atoms with E-state index >= 15 is 0 Å². The SMILES string of the molecule is COCCOC(C)COC(=O)OCC(C)OCCOC. The van der Waals surface area contributed by atoms with E-state index < -0.39 is 6.16 Å². The average Bonchev–Trinajstić information content (AvgIpc) is 2.43. The van der Waals surface area contributed by atoms with E-state index in [9.17, 15) is 4.79 Å². The lowest BCUT2D eigenvalue weighted by molar-refractivity contribution is -0.0415. The smallest absolute Gasteiger partial charge is 0.432 e. The first-order valence-electron chi connectivity index (χ1n) is 6.60. The molecule has 0 aliphatic heterocycles. The number of hydrogen-bond acceptors (Lipinski definition) is 7. The van der Waals surface area contributed by atoms with Gasteiger partial charge < -0.3 is 28.4 Å². The summed E-state index contributed by atoms with van der Waals surface area (Å²) in [5.41, 5.74) is 0. The molecule has 120 valence electrons. The first-order valence-corrected chi connectivity index (χ1v) is 6.60. The van der Waals surface area contributed by atoms with Crippen LogP contribution in [0.2, 0.25) is 0 Å². The van der Waals surface area contributed by atoms with Crippen LogP contribution in [-0.4, -0.2) is 72.2 Å². The van der Waals surface area contributed by atoms with Gasteiger partial charge in [0.05, 0.1) is 38.6 Å². The van der Waals surface area contributed by atoms with Crippen molar-refractivity contribution in [1.29, 1.82) is 0 Å². The lowest BCUT2D eigenvalue weighted by atomic mass is 10.4. The Morgan fingerprint density at radius 2 is 1.20 bits per heavy atom. The second kappa shape index (κ2) is 13.1. The normalized spacial score (nSPS) is 13.8. The average molecular weight is 294 g/mol. The van der Waals surface area contributed by atoms with Gasteiger partial charge >= 0.3 is 6.16 Å². The number of carbonyl (C=O) groups is 1. The zero-order valence-electron chi connectivity index (χ0n) is 12.8. The van der Waals surface area contributed by atoms with Crippen molar-refractivity contribution < 1.29 is 33.2 Å². The van der Waals surface area contributed by atoms with Crippen molar-refractivity contribution in [3.8, 4) is 0 Å². The van der Waals surface area contributed by atoms with E-state index in [0.29, 0.717) is 26.4 Å². The molecule has 0 saturated heterocycles. The van der Waals surface area contributed by atoms with E-state index in [0.717, 1.165) is 0 Å². The summed E-state index contributed by atoms with van der Waals surface area (Å²) in [6, 6.07) is 0. The second-order valence-corrected chi connectivity index (χ2v) is 4.22. The summed E-state index contributed by atoms with van der Waals surface area (Å²) in [4.78, 5) is 11.3. The molecule has 20 heavy (non-hydrogen) atoms. The van der Waals surface area contributed by atoms with Gasteiger partial charge in [-0.3, -0.25) is 0 Å². The van der Waals surface area contributed by atoms with Crippen LogP contribution in [0.25, 0.3) is 0 Å². The van der Waals surface area contributed by atoms with Crippen LogP contribution in [0.4, 0.5) is 4.79 Å². The molecule has 2 unspecified atom stereocenters. The molecule has 0 amide bonds. The van der Waals surface area contributed by atoms with Crippen molar-refractivity contribution in [2.45, 2.75) is 26.1 Å². The Kier molecular flexibility index (Phi) is 12.5. The Morgan fingerprint density at radius 3 is 1.55 bits per heavy atom. The van der Waals surface area contributed by atoms with Gasteiger partial charge in [-0.25, -0.2) is 4.79 Å². The van der Waals surface area contributed by atoms with Crippen LogP contribution in [0, 0.1) is 0 Å². The topological polar surface area (TPSA) is 72.5 Å². The number of carbonyl (C=O) groups excluding carboxylic acids is 1. The first-order chi connectivity index (χ1) is 9.60. The zero-order chi connectivity index (χ0) is 15.2. The maximum atomic E-state index is 11.3. The van der Waals surface area contributed by atoms with Gasteiger partial charge in [0, 0.05) is 14.2 Å². The Morgan fingerprint density at radius 1 is 0.800 bits per heavy atom. The Balaban J connectivity index is 3.52. The molecule has 7 heteroatoms. The minimum atomic E-state index is -0.727. The monoisotopic (exact) mass is 294 g/mol. The summed E-state index contributed by atoms with van der Waals surface area (Å²) in [7, 11) is 3.19. The molecule has 0 spiro atoms. The standard InChI is InChI=1S/C13H26O7/c1-11(17-7-5-15-3)9-19-13(14)20-10-12(2)18-8-6-16-4/h11-12H,5-10H2,1-4H3. The van der Waals surface area contributed by atoms with Gasteiger partial charge in [-0.15, -0.1) is 0 Å². The van der Waals surface area contributed by atoms with Gasteiger partial charge in [-0.05, 0) is 13.8 Å². The Bertz CT molecular complexity index is 213. The molecule has 0 N–H and O–H groups in total. The Labute approximate surface area is 120 Å². The molecule has 0 heterocycles. The van der Waals surface area contributed by atoms with Crippen molar-refractivity contribution in [2.75, 3.05) is 53.9 Å². The molecule has 7 nitrogen and oxygen atoms in total.